The molecule has 0 aliphatic heterocycles. The van der Waals surface area contributed by atoms with Gasteiger partial charge in [-0.15, -0.1) is 0 Å². The van der Waals surface area contributed by atoms with Gasteiger partial charge < -0.3 is 15.3 Å². The van der Waals surface area contributed by atoms with Crippen LogP contribution in [0.2, 0.25) is 0 Å². The summed E-state index contributed by atoms with van der Waals surface area (Å²) in [6.45, 7) is 0. The summed E-state index contributed by atoms with van der Waals surface area (Å²) in [6, 6.07) is 6.78. The minimum absolute atomic E-state index is 0.0811. The Balaban J connectivity index is 3.02. The fraction of sp³-hybridized carbons (Fsp3) is 0. The van der Waals surface area contributed by atoms with Gasteiger partial charge in [0.2, 0.25) is 0 Å². The fourth-order valence-electron chi connectivity index (χ4n) is 1.96. The number of benzene rings is 2. The summed E-state index contributed by atoms with van der Waals surface area (Å²) in [6.07, 6.45) is 0. The van der Waals surface area contributed by atoms with E-state index in [9.17, 15) is 14.4 Å². The molecule has 0 unspecified atom stereocenters. The van der Waals surface area contributed by atoms with Gasteiger partial charge in [0.25, 0.3) is 0 Å². The van der Waals surface area contributed by atoms with E-state index in [1.807, 2.05) is 0 Å². The van der Waals surface area contributed by atoms with Crippen LogP contribution in [0.1, 0.15) is 31.1 Å². The highest BCUT2D eigenvalue weighted by Gasteiger charge is 2.22. The van der Waals surface area contributed by atoms with Crippen molar-refractivity contribution in [2.45, 2.75) is 0 Å². The Labute approximate surface area is 106 Å². The van der Waals surface area contributed by atoms with E-state index in [0.717, 1.165) is 6.07 Å². The van der Waals surface area contributed by atoms with Crippen LogP contribution >= 0.6 is 0 Å². The number of rotatable bonds is 3. The molecule has 3 N–H and O–H groups in total. The predicted octanol–water partition coefficient (Wildman–Crippen LogP) is 1.93. The molecule has 0 aliphatic rings. The molecule has 2 rings (SSSR count). The Morgan fingerprint density at radius 3 is 1.89 bits per heavy atom. The van der Waals surface area contributed by atoms with E-state index in [4.69, 9.17) is 15.3 Å². The third kappa shape index (κ3) is 1.99. The van der Waals surface area contributed by atoms with Crippen LogP contribution in [0.3, 0.4) is 0 Å². The van der Waals surface area contributed by atoms with Gasteiger partial charge in [0, 0.05) is 5.39 Å². The largest absolute Gasteiger partial charge is 0.478 e. The maximum absolute atomic E-state index is 11.3. The van der Waals surface area contributed by atoms with E-state index >= 15 is 0 Å². The van der Waals surface area contributed by atoms with Crippen LogP contribution in [-0.2, 0) is 0 Å². The highest BCUT2D eigenvalue weighted by Crippen LogP contribution is 2.26. The van der Waals surface area contributed by atoms with Gasteiger partial charge in [-0.3, -0.25) is 0 Å². The molecule has 0 spiro atoms. The van der Waals surface area contributed by atoms with Gasteiger partial charge in [-0.1, -0.05) is 18.2 Å². The summed E-state index contributed by atoms with van der Waals surface area (Å²) in [5, 5.41) is 27.5. The monoisotopic (exact) mass is 260 g/mol. The summed E-state index contributed by atoms with van der Waals surface area (Å²) in [5.41, 5.74) is -1.19. The SMILES string of the molecule is O=C(O)c1ccc2cccc(C(=O)O)c2c1C(=O)O. The Kier molecular flexibility index (Phi) is 2.92. The molecule has 2 aromatic carbocycles. The molecule has 0 amide bonds. The fourth-order valence-corrected chi connectivity index (χ4v) is 1.96. The van der Waals surface area contributed by atoms with Gasteiger partial charge in [-0.25, -0.2) is 14.4 Å². The van der Waals surface area contributed by atoms with Gasteiger partial charge in [-0.2, -0.15) is 0 Å². The lowest BCUT2D eigenvalue weighted by Gasteiger charge is -2.09. The lowest BCUT2D eigenvalue weighted by molar-refractivity contribution is 0.0652. The van der Waals surface area contributed by atoms with Crippen molar-refractivity contribution >= 4 is 28.7 Å². The van der Waals surface area contributed by atoms with Crippen molar-refractivity contribution in [1.82, 2.24) is 0 Å². The number of carboxylic acid groups (broad SMARTS) is 3. The Morgan fingerprint density at radius 1 is 0.737 bits per heavy atom. The van der Waals surface area contributed by atoms with Crippen molar-refractivity contribution in [3.63, 3.8) is 0 Å². The summed E-state index contributed by atoms with van der Waals surface area (Å²) in [4.78, 5) is 33.4. The quantitative estimate of drug-likeness (QED) is 0.777. The first-order valence-electron chi connectivity index (χ1n) is 5.19. The van der Waals surface area contributed by atoms with Gasteiger partial charge in [0.1, 0.15) is 0 Å². The van der Waals surface area contributed by atoms with E-state index < -0.39 is 29.0 Å². The van der Waals surface area contributed by atoms with E-state index in [1.54, 1.807) is 0 Å². The standard InChI is InChI=1S/C13H8O6/c14-11(15)7-3-1-2-6-4-5-8(12(16)17)10(9(6)7)13(18)19/h1-5H,(H,14,15)(H,16,17)(H,18,19). The molecule has 0 bridgehead atoms. The molecule has 0 aliphatic carbocycles. The van der Waals surface area contributed by atoms with Crippen LogP contribution in [0.15, 0.2) is 30.3 Å². The van der Waals surface area contributed by atoms with Gasteiger partial charge >= 0.3 is 17.9 Å². The smallest absolute Gasteiger partial charge is 0.337 e. The highest BCUT2D eigenvalue weighted by atomic mass is 16.4. The lowest BCUT2D eigenvalue weighted by atomic mass is 9.95. The molecule has 0 fully saturated rings. The molecular weight excluding hydrogens is 252 g/mol. The van der Waals surface area contributed by atoms with Gasteiger partial charge in [-0.05, 0) is 17.5 Å². The molecule has 19 heavy (non-hydrogen) atoms. The first kappa shape index (κ1) is 12.6. The maximum atomic E-state index is 11.3. The Bertz CT molecular complexity index is 716. The number of fused-ring (bicyclic) bond motifs is 1. The van der Waals surface area contributed by atoms with Crippen molar-refractivity contribution in [3.8, 4) is 0 Å². The van der Waals surface area contributed by atoms with E-state index in [-0.39, 0.29) is 10.9 Å². The van der Waals surface area contributed by atoms with Crippen molar-refractivity contribution < 1.29 is 29.7 Å². The highest BCUT2D eigenvalue weighted by molar-refractivity contribution is 6.17. The average Bonchev–Trinajstić information content (AvgIpc) is 2.35. The Hall–Kier alpha value is -2.89. The molecule has 2 aromatic rings. The van der Waals surface area contributed by atoms with E-state index in [0.29, 0.717) is 5.39 Å². The van der Waals surface area contributed by atoms with Crippen LogP contribution in [0.4, 0.5) is 0 Å². The molecule has 6 heteroatoms. The van der Waals surface area contributed by atoms with Crippen molar-refractivity contribution in [2.75, 3.05) is 0 Å². The number of hydrogen-bond acceptors (Lipinski definition) is 3. The van der Waals surface area contributed by atoms with Crippen molar-refractivity contribution in [3.05, 3.63) is 47.0 Å². The predicted molar refractivity (Wildman–Crippen MR) is 64.8 cm³/mol. The zero-order valence-corrected chi connectivity index (χ0v) is 9.45. The lowest BCUT2D eigenvalue weighted by Crippen LogP contribution is -2.11. The number of hydrogen-bond donors (Lipinski definition) is 3. The first-order valence-corrected chi connectivity index (χ1v) is 5.19. The summed E-state index contributed by atoms with van der Waals surface area (Å²) < 4.78 is 0. The number of carboxylic acids is 3. The third-order valence-electron chi connectivity index (χ3n) is 2.72. The summed E-state index contributed by atoms with van der Waals surface area (Å²) >= 11 is 0. The molecule has 0 radical (unpaired) electrons. The number of carbonyl (C=O) groups is 3. The van der Waals surface area contributed by atoms with Crippen LogP contribution in [0, 0.1) is 0 Å². The molecule has 0 atom stereocenters. The normalized spacial score (nSPS) is 10.3. The molecular formula is C13H8O6. The van der Waals surface area contributed by atoms with E-state index in [1.165, 1.54) is 24.3 Å². The average molecular weight is 260 g/mol. The minimum Gasteiger partial charge on any atom is -0.478 e. The minimum atomic E-state index is -1.48. The Morgan fingerprint density at radius 2 is 1.37 bits per heavy atom. The molecule has 0 heterocycles. The molecule has 0 aromatic heterocycles. The number of aromatic carboxylic acids is 3. The molecule has 96 valence electrons. The van der Waals surface area contributed by atoms with Crippen molar-refractivity contribution in [2.24, 2.45) is 0 Å². The molecule has 0 saturated heterocycles. The van der Waals surface area contributed by atoms with Crippen LogP contribution in [0.25, 0.3) is 10.8 Å². The van der Waals surface area contributed by atoms with E-state index in [2.05, 4.69) is 0 Å². The first-order chi connectivity index (χ1) is 8.93. The third-order valence-corrected chi connectivity index (χ3v) is 2.72. The second-order valence-corrected chi connectivity index (χ2v) is 3.81. The second kappa shape index (κ2) is 4.41. The van der Waals surface area contributed by atoms with Crippen molar-refractivity contribution in [1.29, 1.82) is 0 Å². The van der Waals surface area contributed by atoms with Crippen LogP contribution in [-0.4, -0.2) is 33.2 Å². The molecule has 0 saturated carbocycles. The van der Waals surface area contributed by atoms with Crippen LogP contribution < -0.4 is 0 Å². The summed E-state index contributed by atoms with van der Waals surface area (Å²) in [5.74, 6) is -4.20. The van der Waals surface area contributed by atoms with Crippen LogP contribution in [0.5, 0.6) is 0 Å². The zero-order valence-electron chi connectivity index (χ0n) is 9.45. The van der Waals surface area contributed by atoms with Gasteiger partial charge in [0.05, 0.1) is 16.7 Å². The summed E-state index contributed by atoms with van der Waals surface area (Å²) in [7, 11) is 0. The molecule has 6 nitrogen and oxygen atoms in total. The maximum Gasteiger partial charge on any atom is 0.337 e. The zero-order chi connectivity index (χ0) is 14.2. The second-order valence-electron chi connectivity index (χ2n) is 3.81. The van der Waals surface area contributed by atoms with Gasteiger partial charge in [0.15, 0.2) is 0 Å². The topological polar surface area (TPSA) is 112 Å².